The van der Waals surface area contributed by atoms with Gasteiger partial charge in [0.2, 0.25) is 41.4 Å². The van der Waals surface area contributed by atoms with Crippen molar-refractivity contribution in [1.29, 1.82) is 5.41 Å². The number of aliphatic hydroxyl groups is 1. The largest absolute Gasteiger partial charge is 0.458 e. The summed E-state index contributed by atoms with van der Waals surface area (Å²) in [5.41, 5.74) is 10.1. The number of rotatable bonds is 26. The smallest absolute Gasteiger partial charge is 0.343 e. The summed E-state index contributed by atoms with van der Waals surface area (Å²) in [5.74, 6) is 1.41. The Morgan fingerprint density at radius 2 is 1.54 bits per heavy atom. The Bertz CT molecular complexity index is 4160. The number of benzene rings is 3. The highest BCUT2D eigenvalue weighted by molar-refractivity contribution is 6.53. The van der Waals surface area contributed by atoms with Gasteiger partial charge in [0, 0.05) is 72.1 Å². The van der Waals surface area contributed by atoms with E-state index in [1.54, 1.807) is 44.7 Å². The van der Waals surface area contributed by atoms with Gasteiger partial charge < -0.3 is 71.8 Å². The summed E-state index contributed by atoms with van der Waals surface area (Å²) in [6.45, 7) is 8.66. The summed E-state index contributed by atoms with van der Waals surface area (Å²) < 4.78 is 33.7. The number of amides is 7. The number of hydrogen-bond donors (Lipinski definition) is 9. The van der Waals surface area contributed by atoms with E-state index in [0.29, 0.717) is 107 Å². The number of cyclic esters (lactones) is 1. The van der Waals surface area contributed by atoms with E-state index in [1.807, 2.05) is 47.4 Å². The van der Waals surface area contributed by atoms with E-state index in [9.17, 15) is 48.3 Å². The molecule has 1 saturated carbocycles. The summed E-state index contributed by atoms with van der Waals surface area (Å²) >= 11 is 0. The second-order valence-corrected chi connectivity index (χ2v) is 27.8. The third kappa shape index (κ3) is 15.5. The number of carbonyl (C=O) groups is 8. The van der Waals surface area contributed by atoms with Gasteiger partial charge in [0.1, 0.15) is 30.2 Å². The Balaban J connectivity index is 0.581. The number of unbranched alkanes of at least 4 members (excludes halogenated alkanes) is 1. The van der Waals surface area contributed by atoms with Gasteiger partial charge in [0.05, 0.1) is 92.4 Å². The molecule has 7 amide bonds. The van der Waals surface area contributed by atoms with Gasteiger partial charge in [-0.3, -0.25) is 43.8 Å². The summed E-state index contributed by atoms with van der Waals surface area (Å²) in [4.78, 5) is 131. The molecular formula is C74H92FN13O13. The Hall–Kier alpha value is -9.31. The topological polar surface area (TPSA) is 374 Å². The standard InChI is InChI=1S/C74H92FN13O13/c1-5-74(98)51-36-57-66-49(40-88(57)71(96)50(51)41-101-72(74)97)63-53(18-17-46-43(4)52(75)37-55(82-66)62(46)63)81-59(90)38-80-69(94)54(15-10-11-28-76)83-70(95)65(42(2)3)84-58(89)22-32-99-34-35-100-33-23-60(91)86-30-26-73(27-31-86)24-19-44(20-25-73)68(93)79-29-21-61(92)87-39-45-12-6-7-13-47(45)67(85-78)64(77)48-14-8-9-16-56(48)87/h6-9,12-14,16,36-37,42,44,53-54,65,77,98H,5,10-11,15,17-35,38-41,76,78H2,1-4H3,(H,79,93)(H,80,94)(H,81,90)(H,83,95)(H,84,89)/b77-64?,85-67-/t53-,54-,65-,74-/m0/s1. The fourth-order valence-electron chi connectivity index (χ4n) is 15.3. The van der Waals surface area contributed by atoms with Crippen molar-refractivity contribution in [2.24, 2.45) is 33.9 Å². The predicted octanol–water partition coefficient (Wildman–Crippen LogP) is 4.90. The van der Waals surface area contributed by atoms with Crippen LogP contribution in [0.1, 0.15) is 167 Å². The number of likely N-dealkylation sites (tertiary alicyclic amines) is 1. The molecule has 0 unspecified atom stereocenters. The number of nitrogens with zero attached hydrogens (tertiary/aromatic N) is 5. The maximum absolute atomic E-state index is 15.6. The SMILES string of the molecule is CC[C@@]1(O)C(=O)OCc2c1cc1n(c2=O)Cc2c-1nc1cc(F)c(C)c3c1c2[C@@H](NC(=O)CNC(=O)[C@H](CCCCN)NC(=O)[C@@H](NC(=O)CCOCCOCCC(=O)N1CCC2(CCC(C(=O)NCCC(=O)N4Cc5ccccc5/C(=N/N)C(=N)c5ccccc54)CC2)CC1)C(C)C)CC3. The Kier molecular flexibility index (Phi) is 22.9. The summed E-state index contributed by atoms with van der Waals surface area (Å²) in [6.07, 6.45) is 7.04. The van der Waals surface area contributed by atoms with Crippen LogP contribution in [0.25, 0.3) is 22.3 Å². The van der Waals surface area contributed by atoms with Crippen molar-refractivity contribution in [1.82, 2.24) is 41.0 Å². The second kappa shape index (κ2) is 31.7. The van der Waals surface area contributed by atoms with E-state index >= 15 is 4.39 Å². The average molecular weight is 1390 g/mol. The van der Waals surface area contributed by atoms with Crippen LogP contribution in [0.5, 0.6) is 0 Å². The zero-order valence-corrected chi connectivity index (χ0v) is 57.9. The molecule has 11 rings (SSSR count). The van der Waals surface area contributed by atoms with Gasteiger partial charge in [0.25, 0.3) is 5.56 Å². The molecule has 538 valence electrons. The lowest BCUT2D eigenvalue weighted by atomic mass is 9.65. The van der Waals surface area contributed by atoms with Crippen molar-refractivity contribution >= 4 is 75.3 Å². The maximum atomic E-state index is 15.6. The molecule has 27 heteroatoms. The lowest BCUT2D eigenvalue weighted by Gasteiger charge is -2.45. The monoisotopic (exact) mass is 1390 g/mol. The lowest BCUT2D eigenvalue weighted by Crippen LogP contribution is -2.56. The zero-order valence-electron chi connectivity index (χ0n) is 57.9. The maximum Gasteiger partial charge on any atom is 0.343 e. The number of carbonyl (C=O) groups excluding carboxylic acids is 8. The van der Waals surface area contributed by atoms with E-state index in [2.05, 4.69) is 31.7 Å². The quantitative estimate of drug-likeness (QED) is 0.0151. The van der Waals surface area contributed by atoms with Crippen LogP contribution in [0.2, 0.25) is 0 Å². The minimum absolute atomic E-state index is 0.00296. The minimum atomic E-state index is -2.06. The summed E-state index contributed by atoms with van der Waals surface area (Å²) in [5, 5.41) is 39.3. The first kappa shape index (κ1) is 72.9. The highest BCUT2D eigenvalue weighted by Gasteiger charge is 2.47. The zero-order chi connectivity index (χ0) is 71.9. The average Bonchev–Trinajstić information content (AvgIpc) is 1.16. The molecule has 5 aromatic rings. The first-order valence-corrected chi connectivity index (χ1v) is 35.3. The van der Waals surface area contributed by atoms with Crippen LogP contribution in [0.4, 0.5) is 10.1 Å². The first-order chi connectivity index (χ1) is 48.6. The Morgan fingerprint density at radius 3 is 2.26 bits per heavy atom. The normalized spacial score (nSPS) is 19.2. The number of aryl methyl sites for hydroxylation is 1. The number of anilines is 1. The molecule has 1 saturated heterocycles. The van der Waals surface area contributed by atoms with Crippen LogP contribution in [0.15, 0.2) is 70.6 Å². The number of ether oxygens (including phenoxy) is 3. The van der Waals surface area contributed by atoms with E-state index in [-0.39, 0.29) is 137 Å². The second-order valence-electron chi connectivity index (χ2n) is 27.8. The van der Waals surface area contributed by atoms with Crippen LogP contribution in [0.3, 0.4) is 0 Å². The van der Waals surface area contributed by atoms with Crippen molar-refractivity contribution in [2.75, 3.05) is 64.1 Å². The van der Waals surface area contributed by atoms with Gasteiger partial charge in [-0.05, 0) is 136 Å². The molecule has 6 heterocycles. The molecule has 4 atom stereocenters. The van der Waals surface area contributed by atoms with Crippen molar-refractivity contribution < 1.29 is 62.1 Å². The summed E-state index contributed by atoms with van der Waals surface area (Å²) in [7, 11) is 0. The number of fused-ring (bicyclic) bond motifs is 7. The number of aromatic nitrogens is 2. The molecule has 26 nitrogen and oxygen atoms in total. The molecule has 6 aliphatic rings. The van der Waals surface area contributed by atoms with Gasteiger partial charge in [-0.2, -0.15) is 5.10 Å². The predicted molar refractivity (Wildman–Crippen MR) is 373 cm³/mol. The fourth-order valence-corrected chi connectivity index (χ4v) is 15.3. The van der Waals surface area contributed by atoms with Gasteiger partial charge in [-0.1, -0.05) is 63.2 Å². The van der Waals surface area contributed by atoms with Gasteiger partial charge in [0.15, 0.2) is 5.60 Å². The third-order valence-corrected chi connectivity index (χ3v) is 21.3. The van der Waals surface area contributed by atoms with E-state index in [4.69, 9.17) is 36.2 Å². The number of pyridine rings is 2. The third-order valence-electron chi connectivity index (χ3n) is 21.3. The van der Waals surface area contributed by atoms with Crippen LogP contribution in [-0.2, 0) is 84.3 Å². The minimum Gasteiger partial charge on any atom is -0.458 e. The molecular weight excluding hydrogens is 1300 g/mol. The molecule has 1 spiro atoms. The van der Waals surface area contributed by atoms with E-state index in [0.717, 1.165) is 49.7 Å². The van der Waals surface area contributed by atoms with E-state index < -0.39 is 71.2 Å². The highest BCUT2D eigenvalue weighted by atomic mass is 19.1. The van der Waals surface area contributed by atoms with Crippen molar-refractivity contribution in [3.63, 3.8) is 0 Å². The molecule has 2 aromatic heterocycles. The number of hydrazone groups is 1. The molecule has 2 aliphatic carbocycles. The lowest BCUT2D eigenvalue weighted by molar-refractivity contribution is -0.172. The molecule has 3 aromatic carbocycles. The Labute approximate surface area is 585 Å². The number of para-hydroxylation sites is 1. The van der Waals surface area contributed by atoms with Crippen molar-refractivity contribution in [2.45, 2.75) is 167 Å². The number of hydrogen-bond acceptors (Lipinski definition) is 18. The molecule has 0 radical (unpaired) electrons. The van der Waals surface area contributed by atoms with Gasteiger partial charge in [-0.25, -0.2) is 14.2 Å². The van der Waals surface area contributed by atoms with Crippen LogP contribution in [0, 0.1) is 35.4 Å². The molecule has 4 aliphatic heterocycles. The number of piperidine rings is 1. The molecule has 2 fully saturated rings. The van der Waals surface area contributed by atoms with Gasteiger partial charge in [-0.15, -0.1) is 0 Å². The molecule has 101 heavy (non-hydrogen) atoms. The van der Waals surface area contributed by atoms with Crippen molar-refractivity contribution in [3.8, 4) is 11.4 Å². The van der Waals surface area contributed by atoms with Crippen LogP contribution >= 0.6 is 0 Å². The summed E-state index contributed by atoms with van der Waals surface area (Å²) in [6, 6.07) is 14.8. The van der Waals surface area contributed by atoms with Crippen LogP contribution in [-0.4, -0.2) is 150 Å². The number of nitrogens with two attached hydrogens (primary N) is 2. The molecule has 0 bridgehead atoms. The Morgan fingerprint density at radius 1 is 0.832 bits per heavy atom. The number of nitrogens with one attached hydrogen (secondary N) is 6. The van der Waals surface area contributed by atoms with E-state index in [1.165, 1.54) is 10.6 Å². The first-order valence-electron chi connectivity index (χ1n) is 35.3. The molecule has 11 N–H and O–H groups in total. The highest BCUT2D eigenvalue weighted by Crippen LogP contribution is 2.48. The van der Waals surface area contributed by atoms with Gasteiger partial charge >= 0.3 is 5.97 Å². The number of halogens is 1. The van der Waals surface area contributed by atoms with Crippen LogP contribution < -0.4 is 48.6 Å². The number of esters is 1. The fraction of sp³-hybridized carbons (Fsp3) is 0.514. The van der Waals surface area contributed by atoms with Crippen molar-refractivity contribution in [3.05, 3.63) is 127 Å².